The lowest BCUT2D eigenvalue weighted by atomic mass is 9.69. The van der Waals surface area contributed by atoms with E-state index in [1.54, 1.807) is 23.5 Å². The first-order valence-electron chi connectivity index (χ1n) is 8.24. The van der Waals surface area contributed by atoms with Crippen molar-refractivity contribution >= 4 is 10.0 Å². The predicted octanol–water partition coefficient (Wildman–Crippen LogP) is 1.77. The lowest BCUT2D eigenvalue weighted by Gasteiger charge is -2.45. The molecule has 1 aromatic carbocycles. The minimum absolute atomic E-state index is 0.254. The van der Waals surface area contributed by atoms with Crippen LogP contribution in [0.15, 0.2) is 29.2 Å². The van der Waals surface area contributed by atoms with Gasteiger partial charge in [-0.2, -0.15) is 4.31 Å². The van der Waals surface area contributed by atoms with Crippen LogP contribution in [0.2, 0.25) is 0 Å². The van der Waals surface area contributed by atoms with Crippen LogP contribution in [0.1, 0.15) is 24.8 Å². The fraction of sp³-hybridized carbons (Fsp3) is 0.647. The Kier molecular flexibility index (Phi) is 4.78. The van der Waals surface area contributed by atoms with Crippen LogP contribution in [-0.4, -0.2) is 52.1 Å². The lowest BCUT2D eigenvalue weighted by molar-refractivity contribution is 0.0123. The van der Waals surface area contributed by atoms with Crippen molar-refractivity contribution in [1.29, 1.82) is 0 Å². The maximum atomic E-state index is 12.5. The molecule has 6 heteroatoms. The summed E-state index contributed by atoms with van der Waals surface area (Å²) >= 11 is 0. The Bertz CT molecular complexity index is 632. The number of aryl methyl sites for hydroxylation is 1. The third-order valence-electron chi connectivity index (χ3n) is 5.14. The highest BCUT2D eigenvalue weighted by Gasteiger charge is 2.40. The molecule has 1 saturated heterocycles. The smallest absolute Gasteiger partial charge is 0.243 e. The van der Waals surface area contributed by atoms with Crippen LogP contribution in [-0.2, 0) is 14.8 Å². The molecule has 0 bridgehead atoms. The number of sulfonamides is 1. The van der Waals surface area contributed by atoms with Gasteiger partial charge in [0, 0.05) is 38.2 Å². The summed E-state index contributed by atoms with van der Waals surface area (Å²) in [5.74, 6) is 0. The van der Waals surface area contributed by atoms with E-state index in [4.69, 9.17) is 4.74 Å². The normalized spacial score (nSPS) is 21.7. The second-order valence-corrected chi connectivity index (χ2v) is 8.94. The van der Waals surface area contributed by atoms with Crippen molar-refractivity contribution < 1.29 is 13.2 Å². The zero-order valence-electron chi connectivity index (χ0n) is 13.9. The van der Waals surface area contributed by atoms with Gasteiger partial charge in [0.25, 0.3) is 0 Å². The second-order valence-electron chi connectivity index (χ2n) is 7.00. The number of rotatable bonds is 7. The zero-order chi connectivity index (χ0) is 16.5. The molecule has 0 amide bonds. The van der Waals surface area contributed by atoms with Gasteiger partial charge in [-0.05, 0) is 31.9 Å². The van der Waals surface area contributed by atoms with E-state index >= 15 is 0 Å². The molecule has 0 aromatic heterocycles. The standard InChI is InChI=1S/C17H26N2O3S/c1-14-4-6-16(7-5-14)23(20,21)19-10-15(11-19)18-12-17(13-22-2)8-3-9-17/h4-7,15,18H,3,8-13H2,1-2H3. The van der Waals surface area contributed by atoms with Gasteiger partial charge in [-0.1, -0.05) is 24.1 Å². The fourth-order valence-electron chi connectivity index (χ4n) is 3.34. The van der Waals surface area contributed by atoms with Gasteiger partial charge in [0.15, 0.2) is 0 Å². The molecular formula is C17H26N2O3S. The number of nitrogens with one attached hydrogen (secondary N) is 1. The van der Waals surface area contributed by atoms with Gasteiger partial charge in [-0.25, -0.2) is 8.42 Å². The molecule has 1 aromatic rings. The summed E-state index contributed by atoms with van der Waals surface area (Å²) in [6.07, 6.45) is 3.67. The molecule has 1 aliphatic heterocycles. The van der Waals surface area contributed by atoms with E-state index in [0.29, 0.717) is 18.0 Å². The third-order valence-corrected chi connectivity index (χ3v) is 6.98. The van der Waals surface area contributed by atoms with Crippen molar-refractivity contribution in [3.05, 3.63) is 29.8 Å². The van der Waals surface area contributed by atoms with Crippen molar-refractivity contribution in [2.45, 2.75) is 37.1 Å². The van der Waals surface area contributed by atoms with Crippen LogP contribution in [0.25, 0.3) is 0 Å². The molecule has 1 heterocycles. The molecule has 23 heavy (non-hydrogen) atoms. The largest absolute Gasteiger partial charge is 0.384 e. The Morgan fingerprint density at radius 1 is 1.26 bits per heavy atom. The summed E-state index contributed by atoms with van der Waals surface area (Å²) < 4.78 is 31.9. The quantitative estimate of drug-likeness (QED) is 0.823. The topological polar surface area (TPSA) is 58.6 Å². The van der Waals surface area contributed by atoms with Crippen molar-refractivity contribution in [1.82, 2.24) is 9.62 Å². The van der Waals surface area contributed by atoms with Gasteiger partial charge < -0.3 is 10.1 Å². The van der Waals surface area contributed by atoms with Crippen LogP contribution in [0.4, 0.5) is 0 Å². The predicted molar refractivity (Wildman–Crippen MR) is 89.9 cm³/mol. The Hall–Kier alpha value is -0.950. The van der Waals surface area contributed by atoms with Crippen molar-refractivity contribution in [2.75, 3.05) is 33.4 Å². The Morgan fingerprint density at radius 2 is 1.91 bits per heavy atom. The SMILES string of the molecule is COCC1(CNC2CN(S(=O)(=O)c3ccc(C)cc3)C2)CCC1. The summed E-state index contributed by atoms with van der Waals surface area (Å²) in [7, 11) is -1.59. The first-order valence-corrected chi connectivity index (χ1v) is 9.68. The molecule has 3 rings (SSSR count). The third kappa shape index (κ3) is 3.45. The molecule has 1 saturated carbocycles. The Morgan fingerprint density at radius 3 is 2.43 bits per heavy atom. The second kappa shape index (κ2) is 6.51. The molecule has 0 spiro atoms. The van der Waals surface area contributed by atoms with Crippen LogP contribution >= 0.6 is 0 Å². The summed E-state index contributed by atoms with van der Waals surface area (Å²) in [5.41, 5.74) is 1.33. The van der Waals surface area contributed by atoms with E-state index < -0.39 is 10.0 Å². The molecule has 0 unspecified atom stereocenters. The molecule has 2 fully saturated rings. The summed E-state index contributed by atoms with van der Waals surface area (Å²) in [4.78, 5) is 0.386. The summed E-state index contributed by atoms with van der Waals surface area (Å²) in [6.45, 7) is 4.77. The maximum Gasteiger partial charge on any atom is 0.243 e. The number of benzene rings is 1. The van der Waals surface area contributed by atoms with Crippen molar-refractivity contribution in [2.24, 2.45) is 5.41 Å². The zero-order valence-corrected chi connectivity index (χ0v) is 14.7. The average molecular weight is 338 g/mol. The van der Waals surface area contributed by atoms with Crippen LogP contribution in [0, 0.1) is 12.3 Å². The van der Waals surface area contributed by atoms with Gasteiger partial charge in [-0.3, -0.25) is 0 Å². The van der Waals surface area contributed by atoms with Gasteiger partial charge >= 0.3 is 0 Å². The summed E-state index contributed by atoms with van der Waals surface area (Å²) in [5, 5.41) is 3.52. The molecule has 0 radical (unpaired) electrons. The Labute approximate surface area is 139 Å². The molecule has 0 atom stereocenters. The van der Waals surface area contributed by atoms with Crippen LogP contribution in [0.5, 0.6) is 0 Å². The van der Waals surface area contributed by atoms with E-state index in [-0.39, 0.29) is 11.5 Å². The van der Waals surface area contributed by atoms with Gasteiger partial charge in [0.05, 0.1) is 11.5 Å². The molecular weight excluding hydrogens is 312 g/mol. The minimum Gasteiger partial charge on any atom is -0.384 e. The highest BCUT2D eigenvalue weighted by molar-refractivity contribution is 7.89. The summed E-state index contributed by atoms with van der Waals surface area (Å²) in [6, 6.07) is 7.31. The van der Waals surface area contributed by atoms with Gasteiger partial charge in [0.2, 0.25) is 10.0 Å². The first-order chi connectivity index (χ1) is 11.0. The Balaban J connectivity index is 1.51. The van der Waals surface area contributed by atoms with Crippen LogP contribution in [0.3, 0.4) is 0 Å². The van der Waals surface area contributed by atoms with E-state index in [0.717, 1.165) is 18.7 Å². The van der Waals surface area contributed by atoms with E-state index in [1.165, 1.54) is 19.3 Å². The lowest BCUT2D eigenvalue weighted by Crippen LogP contribution is -2.61. The van der Waals surface area contributed by atoms with Crippen molar-refractivity contribution in [3.63, 3.8) is 0 Å². The highest BCUT2D eigenvalue weighted by Crippen LogP contribution is 2.40. The molecule has 1 N–H and O–H groups in total. The van der Waals surface area contributed by atoms with Gasteiger partial charge in [-0.15, -0.1) is 0 Å². The van der Waals surface area contributed by atoms with Crippen LogP contribution < -0.4 is 5.32 Å². The highest BCUT2D eigenvalue weighted by atomic mass is 32.2. The monoisotopic (exact) mass is 338 g/mol. The minimum atomic E-state index is -3.34. The number of ether oxygens (including phenoxy) is 1. The average Bonchev–Trinajstić information content (AvgIpc) is 2.43. The number of hydrogen-bond acceptors (Lipinski definition) is 4. The molecule has 128 valence electrons. The number of nitrogens with zero attached hydrogens (tertiary/aromatic N) is 1. The van der Waals surface area contributed by atoms with Gasteiger partial charge in [0.1, 0.15) is 0 Å². The van der Waals surface area contributed by atoms with E-state index in [1.807, 2.05) is 19.1 Å². The molecule has 2 aliphatic rings. The molecule has 1 aliphatic carbocycles. The van der Waals surface area contributed by atoms with E-state index in [2.05, 4.69) is 5.32 Å². The van der Waals surface area contributed by atoms with Crippen molar-refractivity contribution in [3.8, 4) is 0 Å². The fourth-order valence-corrected chi connectivity index (χ4v) is 4.87. The molecule has 5 nitrogen and oxygen atoms in total. The number of methoxy groups -OCH3 is 1. The first kappa shape index (κ1) is 16.9. The number of hydrogen-bond donors (Lipinski definition) is 1. The maximum absolute atomic E-state index is 12.5. The van der Waals surface area contributed by atoms with E-state index in [9.17, 15) is 8.42 Å².